The summed E-state index contributed by atoms with van der Waals surface area (Å²) < 4.78 is 1.25. The molecule has 3 nitrogen and oxygen atoms in total. The fourth-order valence-corrected chi connectivity index (χ4v) is 4.55. The molecule has 1 atom stereocenters. The zero-order valence-corrected chi connectivity index (χ0v) is 13.9. The number of anilines is 2. The highest BCUT2D eigenvalue weighted by atomic mass is 79.9. The van der Waals surface area contributed by atoms with Crippen LogP contribution in [0.25, 0.3) is 0 Å². The Bertz CT molecular complexity index is 464. The number of carbonyl (C=O) groups is 1. The third-order valence-electron chi connectivity index (χ3n) is 3.00. The van der Waals surface area contributed by atoms with Gasteiger partial charge < -0.3 is 11.1 Å². The van der Waals surface area contributed by atoms with Crippen LogP contribution in [0.4, 0.5) is 11.4 Å². The maximum atomic E-state index is 12.3. The van der Waals surface area contributed by atoms with Gasteiger partial charge in [0.1, 0.15) is 0 Å². The van der Waals surface area contributed by atoms with Gasteiger partial charge in [0.2, 0.25) is 5.91 Å². The van der Waals surface area contributed by atoms with E-state index in [2.05, 4.69) is 37.2 Å². The van der Waals surface area contributed by atoms with Gasteiger partial charge in [0.25, 0.3) is 0 Å². The van der Waals surface area contributed by atoms with E-state index in [9.17, 15) is 4.79 Å². The lowest BCUT2D eigenvalue weighted by atomic mass is 10.0. The smallest absolute Gasteiger partial charge is 0.240 e. The van der Waals surface area contributed by atoms with Gasteiger partial charge in [-0.15, -0.1) is 11.8 Å². The summed E-state index contributed by atoms with van der Waals surface area (Å²) in [6.07, 6.45) is 2.02. The second-order valence-corrected chi connectivity index (χ2v) is 7.80. The Hall–Kier alpha value is -0.200. The standard InChI is InChI=1S/C12H14Br2N2OS/c1-12(3-2-4-18-12)11(17)16-10-8(13)5-7(15)6-9(10)14/h5-6H,2-4,15H2,1H3,(H,16,17). The largest absolute Gasteiger partial charge is 0.399 e. The Balaban J connectivity index is 2.22. The number of thioether (sulfide) groups is 1. The van der Waals surface area contributed by atoms with E-state index in [4.69, 9.17) is 5.73 Å². The number of rotatable bonds is 2. The average molecular weight is 394 g/mol. The highest BCUT2D eigenvalue weighted by Gasteiger charge is 2.37. The van der Waals surface area contributed by atoms with E-state index in [0.717, 1.165) is 33.2 Å². The van der Waals surface area contributed by atoms with Gasteiger partial charge in [0.05, 0.1) is 10.4 Å². The molecule has 1 aromatic rings. The van der Waals surface area contributed by atoms with Crippen molar-refractivity contribution in [2.75, 3.05) is 16.8 Å². The molecule has 0 bridgehead atoms. The number of benzene rings is 1. The van der Waals surface area contributed by atoms with Crippen LogP contribution in [0.1, 0.15) is 19.8 Å². The van der Waals surface area contributed by atoms with Crippen molar-refractivity contribution in [3.63, 3.8) is 0 Å². The minimum Gasteiger partial charge on any atom is -0.399 e. The number of amides is 1. The van der Waals surface area contributed by atoms with E-state index in [1.54, 1.807) is 23.9 Å². The van der Waals surface area contributed by atoms with E-state index in [1.165, 1.54) is 0 Å². The van der Waals surface area contributed by atoms with Gasteiger partial charge in [-0.2, -0.15) is 0 Å². The molecule has 1 aromatic carbocycles. The molecule has 1 amide bonds. The van der Waals surface area contributed by atoms with Crippen LogP contribution >= 0.6 is 43.6 Å². The van der Waals surface area contributed by atoms with Crippen molar-refractivity contribution in [3.8, 4) is 0 Å². The minimum absolute atomic E-state index is 0.0520. The van der Waals surface area contributed by atoms with Gasteiger partial charge in [0.15, 0.2) is 0 Å². The minimum atomic E-state index is -0.319. The highest BCUT2D eigenvalue weighted by molar-refractivity contribution is 9.11. The number of hydrogen-bond acceptors (Lipinski definition) is 3. The van der Waals surface area contributed by atoms with Crippen molar-refractivity contribution in [2.45, 2.75) is 24.5 Å². The molecular formula is C12H14Br2N2OS. The lowest BCUT2D eigenvalue weighted by Gasteiger charge is -2.22. The second-order valence-electron chi connectivity index (χ2n) is 4.50. The Labute approximate surface area is 128 Å². The molecule has 1 heterocycles. The molecule has 1 saturated heterocycles. The molecule has 18 heavy (non-hydrogen) atoms. The van der Waals surface area contributed by atoms with Crippen LogP contribution in [0.15, 0.2) is 21.1 Å². The summed E-state index contributed by atoms with van der Waals surface area (Å²) in [7, 11) is 0. The highest BCUT2D eigenvalue weighted by Crippen LogP contribution is 2.40. The fourth-order valence-electron chi connectivity index (χ4n) is 1.92. The molecule has 98 valence electrons. The van der Waals surface area contributed by atoms with Gasteiger partial charge in [0, 0.05) is 14.6 Å². The van der Waals surface area contributed by atoms with Crippen LogP contribution in [0.3, 0.4) is 0 Å². The molecule has 0 spiro atoms. The summed E-state index contributed by atoms with van der Waals surface area (Å²) in [4.78, 5) is 12.3. The summed E-state index contributed by atoms with van der Waals surface area (Å²) >= 11 is 8.56. The number of nitrogens with one attached hydrogen (secondary N) is 1. The van der Waals surface area contributed by atoms with Crippen LogP contribution in [0, 0.1) is 0 Å². The number of nitrogen functional groups attached to an aromatic ring is 1. The van der Waals surface area contributed by atoms with E-state index < -0.39 is 0 Å². The SMILES string of the molecule is CC1(C(=O)Nc2c(Br)cc(N)cc2Br)CCCS1. The van der Waals surface area contributed by atoms with Crippen molar-refractivity contribution in [2.24, 2.45) is 0 Å². The van der Waals surface area contributed by atoms with Crippen LogP contribution in [-0.2, 0) is 4.79 Å². The van der Waals surface area contributed by atoms with Gasteiger partial charge in [-0.1, -0.05) is 0 Å². The van der Waals surface area contributed by atoms with Gasteiger partial charge >= 0.3 is 0 Å². The lowest BCUT2D eigenvalue weighted by molar-refractivity contribution is -0.118. The van der Waals surface area contributed by atoms with E-state index in [1.807, 2.05) is 6.92 Å². The Morgan fingerprint density at radius 3 is 2.56 bits per heavy atom. The van der Waals surface area contributed by atoms with E-state index in [0.29, 0.717) is 5.69 Å². The predicted molar refractivity (Wildman–Crippen MR) is 85.0 cm³/mol. The molecule has 1 fully saturated rings. The van der Waals surface area contributed by atoms with Crippen molar-refractivity contribution < 1.29 is 4.79 Å². The quantitative estimate of drug-likeness (QED) is 0.746. The van der Waals surface area contributed by atoms with Crippen LogP contribution < -0.4 is 11.1 Å². The molecule has 6 heteroatoms. The molecule has 3 N–H and O–H groups in total. The summed E-state index contributed by atoms with van der Waals surface area (Å²) in [5.74, 6) is 1.10. The Morgan fingerprint density at radius 1 is 1.44 bits per heavy atom. The molecule has 1 aliphatic rings. The lowest BCUT2D eigenvalue weighted by Crippen LogP contribution is -2.34. The zero-order chi connectivity index (χ0) is 13.3. The molecule has 0 aliphatic carbocycles. The Kier molecular flexibility index (Phi) is 4.29. The molecular weight excluding hydrogens is 380 g/mol. The first-order chi connectivity index (χ1) is 8.42. The first kappa shape index (κ1) is 14.2. The molecule has 0 saturated carbocycles. The van der Waals surface area contributed by atoms with Crippen molar-refractivity contribution in [1.29, 1.82) is 0 Å². The van der Waals surface area contributed by atoms with Crippen LogP contribution in [0.2, 0.25) is 0 Å². The first-order valence-electron chi connectivity index (χ1n) is 5.62. The molecule has 0 aromatic heterocycles. The monoisotopic (exact) mass is 392 g/mol. The summed E-state index contributed by atoms with van der Waals surface area (Å²) in [5.41, 5.74) is 7.12. The first-order valence-corrected chi connectivity index (χ1v) is 8.19. The average Bonchev–Trinajstić information content (AvgIpc) is 2.71. The predicted octanol–water partition coefficient (Wildman–Crippen LogP) is 4.02. The molecule has 1 unspecified atom stereocenters. The number of nitrogens with two attached hydrogens (primary N) is 1. The van der Waals surface area contributed by atoms with Gasteiger partial charge in [-0.3, -0.25) is 4.79 Å². The van der Waals surface area contributed by atoms with Crippen molar-refractivity contribution >= 4 is 60.9 Å². The molecule has 0 radical (unpaired) electrons. The van der Waals surface area contributed by atoms with E-state index in [-0.39, 0.29) is 10.7 Å². The van der Waals surface area contributed by atoms with Crippen molar-refractivity contribution in [1.82, 2.24) is 0 Å². The van der Waals surface area contributed by atoms with Gasteiger partial charge in [-0.25, -0.2) is 0 Å². The van der Waals surface area contributed by atoms with E-state index >= 15 is 0 Å². The normalized spacial score (nSPS) is 23.1. The van der Waals surface area contributed by atoms with Gasteiger partial charge in [-0.05, 0) is 69.5 Å². The summed E-state index contributed by atoms with van der Waals surface area (Å²) in [5, 5.41) is 2.98. The third kappa shape index (κ3) is 2.86. The third-order valence-corrected chi connectivity index (χ3v) is 5.77. The maximum Gasteiger partial charge on any atom is 0.240 e. The Morgan fingerprint density at radius 2 is 2.06 bits per heavy atom. The topological polar surface area (TPSA) is 55.1 Å². The zero-order valence-electron chi connectivity index (χ0n) is 9.93. The molecule has 1 aliphatic heterocycles. The van der Waals surface area contributed by atoms with Crippen molar-refractivity contribution in [3.05, 3.63) is 21.1 Å². The number of hydrogen-bond donors (Lipinski definition) is 2. The number of halogens is 2. The fraction of sp³-hybridized carbons (Fsp3) is 0.417. The van der Waals surface area contributed by atoms with Crippen LogP contribution in [-0.4, -0.2) is 16.4 Å². The summed E-state index contributed by atoms with van der Waals surface area (Å²) in [6.45, 7) is 2.00. The number of carbonyl (C=O) groups excluding carboxylic acids is 1. The summed E-state index contributed by atoms with van der Waals surface area (Å²) in [6, 6.07) is 3.56. The van der Waals surface area contributed by atoms with Crippen LogP contribution in [0.5, 0.6) is 0 Å². The maximum absolute atomic E-state index is 12.3. The second kappa shape index (κ2) is 5.43. The molecule has 2 rings (SSSR count).